The summed E-state index contributed by atoms with van der Waals surface area (Å²) in [5.74, 6) is -1.06. The van der Waals surface area contributed by atoms with Crippen LogP contribution >= 0.6 is 0 Å². The monoisotopic (exact) mass is 274 g/mol. The molecule has 3 N–H and O–H groups in total. The van der Waals surface area contributed by atoms with Crippen LogP contribution < -0.4 is 10.6 Å². The Morgan fingerprint density at radius 3 is 2.79 bits per heavy atom. The molecule has 1 aliphatic rings. The molecule has 1 rings (SSSR count). The summed E-state index contributed by atoms with van der Waals surface area (Å²) in [6.07, 6.45) is 1.95. The van der Waals surface area contributed by atoms with Crippen LogP contribution in [0.4, 0.5) is 4.79 Å². The zero-order valence-electron chi connectivity index (χ0n) is 11.2. The molecule has 0 aromatic heterocycles. The number of carboxylic acids is 1. The number of carbonyl (C=O) groups is 2. The summed E-state index contributed by atoms with van der Waals surface area (Å²) in [4.78, 5) is 22.8. The summed E-state index contributed by atoms with van der Waals surface area (Å²) in [7, 11) is 0. The lowest BCUT2D eigenvalue weighted by Gasteiger charge is -2.23. The molecule has 1 fully saturated rings. The van der Waals surface area contributed by atoms with Gasteiger partial charge in [0.25, 0.3) is 0 Å². The van der Waals surface area contributed by atoms with Crippen molar-refractivity contribution < 1.29 is 24.2 Å². The van der Waals surface area contributed by atoms with Crippen molar-refractivity contribution in [2.45, 2.75) is 31.7 Å². The highest BCUT2D eigenvalue weighted by molar-refractivity contribution is 5.86. The number of ether oxygens (including phenoxy) is 2. The van der Waals surface area contributed by atoms with Gasteiger partial charge in [-0.3, -0.25) is 0 Å². The lowest BCUT2D eigenvalue weighted by Crippen LogP contribution is -2.57. The lowest BCUT2D eigenvalue weighted by atomic mass is 9.99. The van der Waals surface area contributed by atoms with Gasteiger partial charge in [-0.1, -0.05) is 6.92 Å². The quantitative estimate of drug-likeness (QED) is 0.555. The zero-order chi connectivity index (χ0) is 14.1. The number of hydrogen-bond donors (Lipinski definition) is 3. The molecule has 0 saturated carbocycles. The van der Waals surface area contributed by atoms with Gasteiger partial charge >= 0.3 is 12.0 Å². The van der Waals surface area contributed by atoms with E-state index in [0.29, 0.717) is 32.8 Å². The Morgan fingerprint density at radius 1 is 1.42 bits per heavy atom. The van der Waals surface area contributed by atoms with E-state index in [9.17, 15) is 9.59 Å². The number of carboxylic acid groups (broad SMARTS) is 1. The Bertz CT molecular complexity index is 302. The fourth-order valence-corrected chi connectivity index (χ4v) is 1.77. The molecular formula is C12H22N2O5. The number of aliphatic carboxylic acids is 1. The second-order valence-corrected chi connectivity index (χ2v) is 4.54. The van der Waals surface area contributed by atoms with Gasteiger partial charge in [0.05, 0.1) is 6.61 Å². The number of hydrogen-bond acceptors (Lipinski definition) is 4. The summed E-state index contributed by atoms with van der Waals surface area (Å²) >= 11 is 0. The Morgan fingerprint density at radius 2 is 2.21 bits per heavy atom. The summed E-state index contributed by atoms with van der Waals surface area (Å²) in [6, 6.07) is -0.483. The van der Waals surface area contributed by atoms with Gasteiger partial charge in [-0.05, 0) is 12.8 Å². The first kappa shape index (κ1) is 15.7. The number of urea groups is 1. The normalized spacial score (nSPS) is 22.2. The topological polar surface area (TPSA) is 96.9 Å². The van der Waals surface area contributed by atoms with Crippen LogP contribution in [0.1, 0.15) is 26.2 Å². The van der Waals surface area contributed by atoms with Crippen molar-refractivity contribution in [1.29, 1.82) is 0 Å². The summed E-state index contributed by atoms with van der Waals surface area (Å²) in [5.41, 5.74) is -1.29. The molecule has 19 heavy (non-hydrogen) atoms. The minimum atomic E-state index is -1.29. The van der Waals surface area contributed by atoms with Crippen LogP contribution in [0.25, 0.3) is 0 Å². The largest absolute Gasteiger partial charge is 0.479 e. The Balaban J connectivity index is 2.21. The van der Waals surface area contributed by atoms with Gasteiger partial charge in [0.2, 0.25) is 0 Å². The van der Waals surface area contributed by atoms with Gasteiger partial charge in [-0.2, -0.15) is 0 Å². The Labute approximate surface area is 112 Å². The minimum absolute atomic E-state index is 0.00929. The van der Waals surface area contributed by atoms with E-state index < -0.39 is 17.5 Å². The second-order valence-electron chi connectivity index (χ2n) is 4.54. The van der Waals surface area contributed by atoms with Gasteiger partial charge in [0, 0.05) is 32.8 Å². The third-order valence-electron chi connectivity index (χ3n) is 2.88. The zero-order valence-corrected chi connectivity index (χ0v) is 11.2. The standard InChI is InChI=1S/C12H22N2O5/c1-2-6-18-7-3-5-13-11(17)14-12(10(15)16)4-8-19-9-12/h2-9H2,1H3,(H,15,16)(H2,13,14,17). The molecule has 0 aromatic rings. The highest BCUT2D eigenvalue weighted by Gasteiger charge is 2.43. The molecule has 110 valence electrons. The lowest BCUT2D eigenvalue weighted by molar-refractivity contribution is -0.144. The first-order valence-electron chi connectivity index (χ1n) is 6.55. The molecular weight excluding hydrogens is 252 g/mol. The SMILES string of the molecule is CCCOCCCNC(=O)NC1(C(=O)O)CCOC1. The summed E-state index contributed by atoms with van der Waals surface area (Å²) < 4.78 is 10.3. The highest BCUT2D eigenvalue weighted by atomic mass is 16.5. The molecule has 7 heteroatoms. The summed E-state index contributed by atoms with van der Waals surface area (Å²) in [6.45, 7) is 4.13. The number of rotatable bonds is 8. The molecule has 1 aliphatic heterocycles. The maximum absolute atomic E-state index is 11.6. The van der Waals surface area contributed by atoms with Crippen molar-refractivity contribution in [1.82, 2.24) is 10.6 Å². The van der Waals surface area contributed by atoms with Gasteiger partial charge < -0.3 is 25.2 Å². The van der Waals surface area contributed by atoms with Crippen LogP contribution in [0.3, 0.4) is 0 Å². The number of amides is 2. The molecule has 0 spiro atoms. The van der Waals surface area contributed by atoms with Crippen molar-refractivity contribution in [3.05, 3.63) is 0 Å². The molecule has 1 atom stereocenters. The van der Waals surface area contributed by atoms with Crippen molar-refractivity contribution in [3.63, 3.8) is 0 Å². The van der Waals surface area contributed by atoms with Gasteiger partial charge in [0.15, 0.2) is 5.54 Å². The van der Waals surface area contributed by atoms with E-state index in [1.807, 2.05) is 6.92 Å². The Hall–Kier alpha value is -1.34. The van der Waals surface area contributed by atoms with E-state index in [1.54, 1.807) is 0 Å². The highest BCUT2D eigenvalue weighted by Crippen LogP contribution is 2.18. The molecule has 1 saturated heterocycles. The van der Waals surface area contributed by atoms with Crippen molar-refractivity contribution in [2.75, 3.05) is 33.0 Å². The van der Waals surface area contributed by atoms with Crippen LogP contribution in [-0.4, -0.2) is 55.6 Å². The van der Waals surface area contributed by atoms with Gasteiger partial charge in [0.1, 0.15) is 0 Å². The predicted octanol–water partition coefficient (Wildman–Crippen LogP) is 0.346. The van der Waals surface area contributed by atoms with Crippen LogP contribution in [0, 0.1) is 0 Å². The van der Waals surface area contributed by atoms with E-state index in [2.05, 4.69) is 10.6 Å². The molecule has 1 heterocycles. The third kappa shape index (κ3) is 5.04. The Kier molecular flexibility index (Phi) is 6.58. The first-order valence-corrected chi connectivity index (χ1v) is 6.55. The van der Waals surface area contributed by atoms with E-state index in [1.165, 1.54) is 0 Å². The van der Waals surface area contributed by atoms with E-state index in [4.69, 9.17) is 14.6 Å². The first-order chi connectivity index (χ1) is 9.10. The van der Waals surface area contributed by atoms with Crippen LogP contribution in [0.5, 0.6) is 0 Å². The number of carbonyl (C=O) groups excluding carboxylic acids is 1. The predicted molar refractivity (Wildman–Crippen MR) is 68.1 cm³/mol. The van der Waals surface area contributed by atoms with Crippen molar-refractivity contribution in [3.8, 4) is 0 Å². The van der Waals surface area contributed by atoms with Gasteiger partial charge in [-0.15, -0.1) is 0 Å². The molecule has 0 radical (unpaired) electrons. The van der Waals surface area contributed by atoms with E-state index in [-0.39, 0.29) is 13.0 Å². The smallest absolute Gasteiger partial charge is 0.332 e. The van der Waals surface area contributed by atoms with Crippen molar-refractivity contribution in [2.24, 2.45) is 0 Å². The average molecular weight is 274 g/mol. The van der Waals surface area contributed by atoms with E-state index in [0.717, 1.165) is 6.42 Å². The van der Waals surface area contributed by atoms with Crippen LogP contribution in [-0.2, 0) is 14.3 Å². The van der Waals surface area contributed by atoms with Crippen LogP contribution in [0.15, 0.2) is 0 Å². The maximum Gasteiger partial charge on any atom is 0.332 e. The fourth-order valence-electron chi connectivity index (χ4n) is 1.77. The third-order valence-corrected chi connectivity index (χ3v) is 2.88. The maximum atomic E-state index is 11.6. The van der Waals surface area contributed by atoms with Gasteiger partial charge in [-0.25, -0.2) is 9.59 Å². The van der Waals surface area contributed by atoms with Crippen molar-refractivity contribution >= 4 is 12.0 Å². The summed E-state index contributed by atoms with van der Waals surface area (Å²) in [5, 5.41) is 14.2. The van der Waals surface area contributed by atoms with E-state index >= 15 is 0 Å². The molecule has 2 amide bonds. The molecule has 1 unspecified atom stereocenters. The second kappa shape index (κ2) is 7.96. The molecule has 0 aromatic carbocycles. The van der Waals surface area contributed by atoms with Crippen LogP contribution in [0.2, 0.25) is 0 Å². The molecule has 7 nitrogen and oxygen atoms in total. The minimum Gasteiger partial charge on any atom is -0.479 e. The molecule has 0 aliphatic carbocycles. The average Bonchev–Trinajstić information content (AvgIpc) is 2.83. The molecule has 0 bridgehead atoms. The number of nitrogens with one attached hydrogen (secondary N) is 2. The fraction of sp³-hybridized carbons (Fsp3) is 0.833.